The molecule has 0 spiro atoms. The molecule has 3 aromatic rings. The first-order chi connectivity index (χ1) is 13.5. The van der Waals surface area contributed by atoms with Gasteiger partial charge in [-0.25, -0.2) is 0 Å². The maximum absolute atomic E-state index is 12.5. The van der Waals surface area contributed by atoms with Crippen molar-refractivity contribution in [3.05, 3.63) is 59.2 Å². The van der Waals surface area contributed by atoms with E-state index in [1.165, 1.54) is 11.8 Å². The lowest BCUT2D eigenvalue weighted by atomic mass is 10.1. The third-order valence-corrected chi connectivity index (χ3v) is 5.56. The molecule has 1 atom stereocenters. The molecular formula is C20H23N5O2S. The quantitative estimate of drug-likeness (QED) is 0.617. The Labute approximate surface area is 168 Å². The topological polar surface area (TPSA) is 81.9 Å². The molecule has 0 bridgehead atoms. The number of carbonyl (C=O) groups excluding carboxylic acids is 1. The zero-order chi connectivity index (χ0) is 20.1. The van der Waals surface area contributed by atoms with E-state index in [4.69, 9.17) is 4.74 Å². The van der Waals surface area contributed by atoms with Crippen LogP contribution in [-0.4, -0.2) is 38.5 Å². The molecule has 3 rings (SSSR count). The Morgan fingerprint density at radius 2 is 1.96 bits per heavy atom. The Bertz CT molecular complexity index is 955. The molecule has 28 heavy (non-hydrogen) atoms. The molecule has 1 amide bonds. The fourth-order valence-corrected chi connectivity index (χ4v) is 3.48. The van der Waals surface area contributed by atoms with E-state index in [0.717, 1.165) is 28.1 Å². The van der Waals surface area contributed by atoms with Gasteiger partial charge in [-0.15, -0.1) is 5.10 Å². The number of rotatable bonds is 7. The van der Waals surface area contributed by atoms with Gasteiger partial charge in [0, 0.05) is 6.54 Å². The van der Waals surface area contributed by atoms with E-state index < -0.39 is 0 Å². The Kier molecular flexibility index (Phi) is 6.30. The van der Waals surface area contributed by atoms with Gasteiger partial charge in [0.1, 0.15) is 5.75 Å². The molecule has 2 aromatic carbocycles. The number of nitrogens with zero attached hydrogens (tertiary/aromatic N) is 4. The summed E-state index contributed by atoms with van der Waals surface area (Å²) in [5.41, 5.74) is 4.19. The van der Waals surface area contributed by atoms with Crippen LogP contribution >= 0.6 is 11.8 Å². The number of carbonyl (C=O) groups is 1. The Morgan fingerprint density at radius 1 is 1.21 bits per heavy atom. The van der Waals surface area contributed by atoms with Crippen molar-refractivity contribution < 1.29 is 9.53 Å². The van der Waals surface area contributed by atoms with Gasteiger partial charge in [-0.2, -0.15) is 4.68 Å². The van der Waals surface area contributed by atoms with E-state index in [9.17, 15) is 4.79 Å². The molecule has 0 saturated heterocycles. The normalized spacial score (nSPS) is 11.9. The lowest BCUT2D eigenvalue weighted by Crippen LogP contribution is -2.30. The van der Waals surface area contributed by atoms with Crippen molar-refractivity contribution >= 4 is 17.7 Å². The predicted octanol–water partition coefficient (Wildman–Crippen LogP) is 3.08. The number of benzene rings is 2. The molecule has 1 unspecified atom stereocenters. The van der Waals surface area contributed by atoms with Gasteiger partial charge < -0.3 is 10.1 Å². The molecule has 1 N–H and O–H groups in total. The first-order valence-corrected chi connectivity index (χ1v) is 9.80. The van der Waals surface area contributed by atoms with E-state index in [1.807, 2.05) is 63.2 Å². The summed E-state index contributed by atoms with van der Waals surface area (Å²) in [6, 6.07) is 13.6. The number of amides is 1. The van der Waals surface area contributed by atoms with Gasteiger partial charge in [0.2, 0.25) is 11.1 Å². The Morgan fingerprint density at radius 3 is 2.68 bits per heavy atom. The third kappa shape index (κ3) is 4.51. The molecule has 0 saturated carbocycles. The second-order valence-electron chi connectivity index (χ2n) is 6.42. The van der Waals surface area contributed by atoms with Gasteiger partial charge in [-0.3, -0.25) is 4.79 Å². The average Bonchev–Trinajstić information content (AvgIpc) is 3.16. The average molecular weight is 398 g/mol. The fraction of sp³-hybridized carbons (Fsp3) is 0.300. The Hall–Kier alpha value is -2.87. The lowest BCUT2D eigenvalue weighted by molar-refractivity contribution is -0.120. The summed E-state index contributed by atoms with van der Waals surface area (Å²) < 4.78 is 6.82. The second kappa shape index (κ2) is 8.88. The van der Waals surface area contributed by atoms with Crippen molar-refractivity contribution in [1.29, 1.82) is 0 Å². The lowest BCUT2D eigenvalue weighted by Gasteiger charge is -2.13. The van der Waals surface area contributed by atoms with E-state index in [1.54, 1.807) is 11.8 Å². The molecule has 0 radical (unpaired) electrons. The number of aromatic nitrogens is 4. The second-order valence-corrected chi connectivity index (χ2v) is 7.73. The van der Waals surface area contributed by atoms with Crippen LogP contribution in [0.15, 0.2) is 47.6 Å². The number of aryl methyl sites for hydroxylation is 1. The zero-order valence-corrected chi connectivity index (χ0v) is 17.2. The highest BCUT2D eigenvalue weighted by Gasteiger charge is 2.20. The molecule has 146 valence electrons. The monoisotopic (exact) mass is 397 g/mol. The van der Waals surface area contributed by atoms with Crippen molar-refractivity contribution in [2.24, 2.45) is 0 Å². The van der Waals surface area contributed by atoms with Gasteiger partial charge in [0.15, 0.2) is 0 Å². The van der Waals surface area contributed by atoms with Crippen molar-refractivity contribution in [3.8, 4) is 11.4 Å². The molecule has 7 nitrogen and oxygen atoms in total. The number of nitrogens with one attached hydrogen (secondary N) is 1. The highest BCUT2D eigenvalue weighted by Crippen LogP contribution is 2.25. The minimum absolute atomic E-state index is 0.0728. The molecule has 0 fully saturated rings. The molecule has 0 aliphatic rings. The van der Waals surface area contributed by atoms with Gasteiger partial charge in [0.25, 0.3) is 0 Å². The van der Waals surface area contributed by atoms with Crippen molar-refractivity contribution in [3.63, 3.8) is 0 Å². The van der Waals surface area contributed by atoms with Crippen LogP contribution in [0.3, 0.4) is 0 Å². The van der Waals surface area contributed by atoms with Crippen LogP contribution in [0.5, 0.6) is 5.75 Å². The van der Waals surface area contributed by atoms with Crippen LogP contribution < -0.4 is 10.1 Å². The summed E-state index contributed by atoms with van der Waals surface area (Å²) in [5.74, 6) is 0.716. The van der Waals surface area contributed by atoms with Crippen molar-refractivity contribution in [2.45, 2.75) is 37.7 Å². The molecule has 0 aliphatic carbocycles. The van der Waals surface area contributed by atoms with Crippen molar-refractivity contribution in [1.82, 2.24) is 25.5 Å². The number of hydrogen-bond donors (Lipinski definition) is 1. The van der Waals surface area contributed by atoms with Crippen LogP contribution in [0.4, 0.5) is 0 Å². The first-order valence-electron chi connectivity index (χ1n) is 8.92. The summed E-state index contributed by atoms with van der Waals surface area (Å²) >= 11 is 1.33. The number of thioether (sulfide) groups is 1. The predicted molar refractivity (Wildman–Crippen MR) is 109 cm³/mol. The maximum atomic E-state index is 12.5. The van der Waals surface area contributed by atoms with Crippen molar-refractivity contribution in [2.75, 3.05) is 7.11 Å². The van der Waals surface area contributed by atoms with Gasteiger partial charge >= 0.3 is 0 Å². The van der Waals surface area contributed by atoms with E-state index in [0.29, 0.717) is 11.7 Å². The molecule has 1 heterocycles. The summed E-state index contributed by atoms with van der Waals surface area (Å²) in [4.78, 5) is 12.5. The molecule has 1 aromatic heterocycles. The minimum Gasteiger partial charge on any atom is -0.497 e. The SMILES string of the molecule is COc1ccc(CNC(=O)C(C)Sc2nnnn2-c2cccc(C)c2C)cc1. The summed E-state index contributed by atoms with van der Waals surface area (Å²) in [5, 5.41) is 15.2. The highest BCUT2D eigenvalue weighted by atomic mass is 32.2. The number of methoxy groups -OCH3 is 1. The maximum Gasteiger partial charge on any atom is 0.233 e. The van der Waals surface area contributed by atoms with Gasteiger partial charge in [-0.05, 0) is 66.1 Å². The van der Waals surface area contributed by atoms with Gasteiger partial charge in [-0.1, -0.05) is 36.0 Å². The van der Waals surface area contributed by atoms with Crippen LogP contribution in [0.2, 0.25) is 0 Å². The fourth-order valence-electron chi connectivity index (χ4n) is 2.66. The zero-order valence-electron chi connectivity index (χ0n) is 16.3. The first kappa shape index (κ1) is 19.9. The largest absolute Gasteiger partial charge is 0.497 e. The third-order valence-electron chi connectivity index (χ3n) is 4.52. The number of tetrazole rings is 1. The smallest absolute Gasteiger partial charge is 0.233 e. The highest BCUT2D eigenvalue weighted by molar-refractivity contribution is 8.00. The number of hydrogen-bond acceptors (Lipinski definition) is 6. The molecule has 0 aliphatic heterocycles. The number of ether oxygens (including phenoxy) is 1. The molecule has 8 heteroatoms. The van der Waals surface area contributed by atoms with E-state index in [2.05, 4.69) is 20.8 Å². The minimum atomic E-state index is -0.340. The standard InChI is InChI=1S/C20H23N5O2S/c1-13-6-5-7-18(14(13)2)25-20(22-23-24-25)28-15(3)19(26)21-12-16-8-10-17(27-4)11-9-16/h5-11,15H,12H2,1-4H3,(H,21,26). The summed E-state index contributed by atoms with van der Waals surface area (Å²) in [6.45, 7) is 6.38. The van der Waals surface area contributed by atoms with Crippen LogP contribution in [0.25, 0.3) is 5.69 Å². The van der Waals surface area contributed by atoms with Crippen LogP contribution in [-0.2, 0) is 11.3 Å². The van der Waals surface area contributed by atoms with Crippen LogP contribution in [0, 0.1) is 13.8 Å². The van der Waals surface area contributed by atoms with E-state index >= 15 is 0 Å². The Balaban J connectivity index is 1.64. The summed E-state index contributed by atoms with van der Waals surface area (Å²) in [6.07, 6.45) is 0. The summed E-state index contributed by atoms with van der Waals surface area (Å²) in [7, 11) is 1.63. The van der Waals surface area contributed by atoms with Crippen LogP contribution in [0.1, 0.15) is 23.6 Å². The van der Waals surface area contributed by atoms with Gasteiger partial charge in [0.05, 0.1) is 18.0 Å². The van der Waals surface area contributed by atoms with E-state index in [-0.39, 0.29) is 11.2 Å². The molecular weight excluding hydrogens is 374 g/mol.